The number of benzene rings is 2. The monoisotopic (exact) mass is 306 g/mol. The fourth-order valence-electron chi connectivity index (χ4n) is 2.96. The molecule has 1 unspecified atom stereocenters. The van der Waals surface area contributed by atoms with Crippen molar-refractivity contribution in [2.45, 2.75) is 12.5 Å². The molecule has 1 heterocycles. The van der Waals surface area contributed by atoms with Gasteiger partial charge in [0, 0.05) is 25.3 Å². The van der Waals surface area contributed by atoms with Crippen LogP contribution >= 0.6 is 12.4 Å². The van der Waals surface area contributed by atoms with Crippen LogP contribution in [0, 0.1) is 5.82 Å². The van der Waals surface area contributed by atoms with E-state index in [9.17, 15) is 4.39 Å². The number of hydrogen-bond acceptors (Lipinski definition) is 2. The number of nitrogens with one attached hydrogen (secondary N) is 1. The van der Waals surface area contributed by atoms with Gasteiger partial charge >= 0.3 is 0 Å². The van der Waals surface area contributed by atoms with Crippen molar-refractivity contribution in [2.24, 2.45) is 0 Å². The lowest BCUT2D eigenvalue weighted by Crippen LogP contribution is -2.57. The van der Waals surface area contributed by atoms with Gasteiger partial charge in [-0.05, 0) is 36.8 Å². The SMILES string of the molecule is CC1(c2ccccc2)CNCCN1c1ccc(F)cc1.Cl. The van der Waals surface area contributed by atoms with E-state index in [0.717, 1.165) is 25.3 Å². The van der Waals surface area contributed by atoms with E-state index in [-0.39, 0.29) is 23.8 Å². The molecule has 4 heteroatoms. The van der Waals surface area contributed by atoms with E-state index < -0.39 is 0 Å². The number of hydrogen-bond donors (Lipinski definition) is 1. The minimum atomic E-state index is -0.190. The molecule has 3 rings (SSSR count). The van der Waals surface area contributed by atoms with Crippen LogP contribution in [0.4, 0.5) is 10.1 Å². The van der Waals surface area contributed by atoms with Gasteiger partial charge in [0.2, 0.25) is 0 Å². The van der Waals surface area contributed by atoms with Crippen molar-refractivity contribution in [3.63, 3.8) is 0 Å². The predicted octanol–water partition coefficient (Wildman–Crippen LogP) is 3.57. The Labute approximate surface area is 131 Å². The van der Waals surface area contributed by atoms with Gasteiger partial charge in [-0.3, -0.25) is 0 Å². The topological polar surface area (TPSA) is 15.3 Å². The summed E-state index contributed by atoms with van der Waals surface area (Å²) < 4.78 is 13.1. The first-order valence-corrected chi connectivity index (χ1v) is 7.00. The van der Waals surface area contributed by atoms with Crippen molar-refractivity contribution < 1.29 is 4.39 Å². The van der Waals surface area contributed by atoms with E-state index in [1.165, 1.54) is 17.7 Å². The molecule has 2 aromatic carbocycles. The third kappa shape index (κ3) is 3.04. The molecule has 0 amide bonds. The summed E-state index contributed by atoms with van der Waals surface area (Å²) in [4.78, 5) is 2.36. The molecule has 1 fully saturated rings. The molecule has 0 spiro atoms. The maximum atomic E-state index is 13.1. The molecule has 1 aliphatic rings. The second-order valence-corrected chi connectivity index (χ2v) is 5.44. The van der Waals surface area contributed by atoms with Crippen LogP contribution in [0.5, 0.6) is 0 Å². The largest absolute Gasteiger partial charge is 0.359 e. The van der Waals surface area contributed by atoms with Crippen LogP contribution in [0.1, 0.15) is 12.5 Å². The second-order valence-electron chi connectivity index (χ2n) is 5.44. The first-order valence-electron chi connectivity index (χ1n) is 7.00. The van der Waals surface area contributed by atoms with E-state index in [1.807, 2.05) is 18.2 Å². The van der Waals surface area contributed by atoms with Crippen molar-refractivity contribution in [2.75, 3.05) is 24.5 Å². The molecule has 0 radical (unpaired) electrons. The van der Waals surface area contributed by atoms with Gasteiger partial charge in [0.25, 0.3) is 0 Å². The lowest BCUT2D eigenvalue weighted by atomic mass is 9.87. The Kier molecular flexibility index (Phi) is 4.86. The van der Waals surface area contributed by atoms with E-state index >= 15 is 0 Å². The van der Waals surface area contributed by atoms with Crippen molar-refractivity contribution in [3.05, 3.63) is 66.0 Å². The molecular weight excluding hydrogens is 287 g/mol. The summed E-state index contributed by atoms with van der Waals surface area (Å²) in [6, 6.07) is 17.3. The summed E-state index contributed by atoms with van der Waals surface area (Å²) in [6.07, 6.45) is 0. The third-order valence-corrected chi connectivity index (χ3v) is 4.11. The minimum absolute atomic E-state index is 0. The number of rotatable bonds is 2. The zero-order valence-corrected chi connectivity index (χ0v) is 12.9. The van der Waals surface area contributed by atoms with Gasteiger partial charge in [-0.15, -0.1) is 12.4 Å². The van der Waals surface area contributed by atoms with Gasteiger partial charge in [-0.25, -0.2) is 4.39 Å². The zero-order chi connectivity index (χ0) is 14.0. The van der Waals surface area contributed by atoms with Crippen molar-refractivity contribution >= 4 is 18.1 Å². The van der Waals surface area contributed by atoms with Crippen LogP contribution in [0.25, 0.3) is 0 Å². The Bertz CT molecular complexity index is 573. The molecule has 0 bridgehead atoms. The quantitative estimate of drug-likeness (QED) is 0.912. The summed E-state index contributed by atoms with van der Waals surface area (Å²) in [6.45, 7) is 4.98. The summed E-state index contributed by atoms with van der Waals surface area (Å²) in [5, 5.41) is 3.47. The highest BCUT2D eigenvalue weighted by Crippen LogP contribution is 2.33. The molecule has 1 atom stereocenters. The first kappa shape index (κ1) is 15.8. The normalized spacial score (nSPS) is 21.7. The maximum absolute atomic E-state index is 13.1. The summed E-state index contributed by atoms with van der Waals surface area (Å²) in [5.41, 5.74) is 2.23. The Morgan fingerprint density at radius 1 is 1.05 bits per heavy atom. The number of halogens is 2. The smallest absolute Gasteiger partial charge is 0.123 e. The zero-order valence-electron chi connectivity index (χ0n) is 12.1. The number of nitrogens with zero attached hydrogens (tertiary/aromatic N) is 1. The summed E-state index contributed by atoms with van der Waals surface area (Å²) in [7, 11) is 0. The molecule has 1 aliphatic heterocycles. The van der Waals surface area contributed by atoms with Crippen molar-refractivity contribution in [1.82, 2.24) is 5.32 Å². The standard InChI is InChI=1S/C17H19FN2.ClH/c1-17(14-5-3-2-4-6-14)13-19-11-12-20(17)16-9-7-15(18)8-10-16;/h2-10,19H,11-13H2,1H3;1H. The maximum Gasteiger partial charge on any atom is 0.123 e. The van der Waals surface area contributed by atoms with Gasteiger partial charge in [0.1, 0.15) is 5.82 Å². The van der Waals surface area contributed by atoms with E-state index in [2.05, 4.69) is 41.4 Å². The van der Waals surface area contributed by atoms with Gasteiger partial charge in [0.05, 0.1) is 5.54 Å². The van der Waals surface area contributed by atoms with Crippen molar-refractivity contribution in [1.29, 1.82) is 0 Å². The average molecular weight is 307 g/mol. The number of anilines is 1. The minimum Gasteiger partial charge on any atom is -0.359 e. The molecule has 112 valence electrons. The Balaban J connectivity index is 0.00000161. The summed E-state index contributed by atoms with van der Waals surface area (Å²) >= 11 is 0. The van der Waals surface area contributed by atoms with Crippen LogP contribution < -0.4 is 10.2 Å². The molecular formula is C17H20ClFN2. The first-order chi connectivity index (χ1) is 9.70. The fourth-order valence-corrected chi connectivity index (χ4v) is 2.96. The second kappa shape index (κ2) is 6.46. The Morgan fingerprint density at radius 2 is 1.71 bits per heavy atom. The molecule has 0 aromatic heterocycles. The third-order valence-electron chi connectivity index (χ3n) is 4.11. The number of piperazine rings is 1. The Morgan fingerprint density at radius 3 is 2.38 bits per heavy atom. The Hall–Kier alpha value is -1.58. The molecule has 0 aliphatic carbocycles. The highest BCUT2D eigenvalue weighted by Gasteiger charge is 2.36. The van der Waals surface area contributed by atoms with Crippen LogP contribution in [-0.4, -0.2) is 19.6 Å². The lowest BCUT2D eigenvalue weighted by molar-refractivity contribution is 0.361. The molecule has 1 N–H and O–H groups in total. The van der Waals surface area contributed by atoms with E-state index in [0.29, 0.717) is 0 Å². The van der Waals surface area contributed by atoms with Crippen LogP contribution in [0.2, 0.25) is 0 Å². The predicted molar refractivity (Wildman–Crippen MR) is 87.7 cm³/mol. The average Bonchev–Trinajstić information content (AvgIpc) is 2.50. The van der Waals surface area contributed by atoms with Gasteiger partial charge in [-0.2, -0.15) is 0 Å². The molecule has 2 nitrogen and oxygen atoms in total. The summed E-state index contributed by atoms with van der Waals surface area (Å²) in [5.74, 6) is -0.190. The van der Waals surface area contributed by atoms with Crippen molar-refractivity contribution in [3.8, 4) is 0 Å². The van der Waals surface area contributed by atoms with E-state index in [4.69, 9.17) is 0 Å². The molecule has 21 heavy (non-hydrogen) atoms. The van der Waals surface area contributed by atoms with Gasteiger partial charge in [-0.1, -0.05) is 30.3 Å². The molecule has 1 saturated heterocycles. The van der Waals surface area contributed by atoms with Gasteiger partial charge < -0.3 is 10.2 Å². The fraction of sp³-hybridized carbons (Fsp3) is 0.294. The molecule has 2 aromatic rings. The van der Waals surface area contributed by atoms with Gasteiger partial charge in [0.15, 0.2) is 0 Å². The highest BCUT2D eigenvalue weighted by atomic mass is 35.5. The van der Waals surface area contributed by atoms with Crippen LogP contribution in [-0.2, 0) is 5.54 Å². The lowest BCUT2D eigenvalue weighted by Gasteiger charge is -2.47. The van der Waals surface area contributed by atoms with E-state index in [1.54, 1.807) is 0 Å². The van der Waals surface area contributed by atoms with Crippen LogP contribution in [0.15, 0.2) is 54.6 Å². The molecule has 0 saturated carbocycles. The van der Waals surface area contributed by atoms with Crippen LogP contribution in [0.3, 0.4) is 0 Å². The highest BCUT2D eigenvalue weighted by molar-refractivity contribution is 5.85.